The molecule has 3 heteroatoms. The first-order chi connectivity index (χ1) is 6.80. The molecular formula is C11H14BrNO. The van der Waals surface area contributed by atoms with Crippen LogP contribution in [-0.4, -0.2) is 6.54 Å². The lowest BCUT2D eigenvalue weighted by atomic mass is 9.79. The highest BCUT2D eigenvalue weighted by atomic mass is 79.9. The Hall–Kier alpha value is -0.280. The van der Waals surface area contributed by atoms with Gasteiger partial charge in [-0.25, -0.2) is 0 Å². The van der Waals surface area contributed by atoms with Crippen LogP contribution in [0.25, 0.3) is 0 Å². The lowest BCUT2D eigenvalue weighted by Crippen LogP contribution is -2.40. The Morgan fingerprint density at radius 3 is 2.93 bits per heavy atom. The molecule has 1 fully saturated rings. The van der Waals surface area contributed by atoms with Crippen molar-refractivity contribution in [2.24, 2.45) is 0 Å². The van der Waals surface area contributed by atoms with Gasteiger partial charge in [-0.1, -0.05) is 12.8 Å². The van der Waals surface area contributed by atoms with Crippen LogP contribution in [0.1, 0.15) is 37.0 Å². The summed E-state index contributed by atoms with van der Waals surface area (Å²) in [5, 5.41) is 3.51. The van der Waals surface area contributed by atoms with E-state index in [9.17, 15) is 0 Å². The van der Waals surface area contributed by atoms with E-state index < -0.39 is 0 Å². The Kier molecular flexibility index (Phi) is 1.99. The van der Waals surface area contributed by atoms with Gasteiger partial charge in [0.05, 0.1) is 0 Å². The second-order valence-electron chi connectivity index (χ2n) is 4.50. The smallest absolute Gasteiger partial charge is 0.169 e. The van der Waals surface area contributed by atoms with Crippen LogP contribution in [0.4, 0.5) is 0 Å². The van der Waals surface area contributed by atoms with E-state index in [0.717, 1.165) is 17.8 Å². The van der Waals surface area contributed by atoms with Gasteiger partial charge in [0.25, 0.3) is 0 Å². The second kappa shape index (κ2) is 3.11. The summed E-state index contributed by atoms with van der Waals surface area (Å²) in [5.74, 6) is 1.25. The maximum Gasteiger partial charge on any atom is 0.169 e. The molecule has 0 amide bonds. The van der Waals surface area contributed by atoms with Gasteiger partial charge in [-0.05, 0) is 34.8 Å². The number of furan rings is 1. The highest BCUT2D eigenvalue weighted by Crippen LogP contribution is 2.45. The molecule has 0 unspecified atom stereocenters. The predicted molar refractivity (Wildman–Crippen MR) is 58.3 cm³/mol. The maximum atomic E-state index is 5.82. The molecule has 1 aliphatic carbocycles. The van der Waals surface area contributed by atoms with Gasteiger partial charge in [0.15, 0.2) is 4.67 Å². The zero-order valence-corrected chi connectivity index (χ0v) is 9.69. The molecule has 2 nitrogen and oxygen atoms in total. The number of nitrogens with one attached hydrogen (secondary N) is 1. The highest BCUT2D eigenvalue weighted by Gasteiger charge is 2.42. The zero-order chi connectivity index (χ0) is 9.60. The van der Waals surface area contributed by atoms with Gasteiger partial charge in [-0.3, -0.25) is 0 Å². The second-order valence-corrected chi connectivity index (χ2v) is 5.28. The van der Waals surface area contributed by atoms with Crippen LogP contribution in [0.15, 0.2) is 15.2 Å². The average Bonchev–Trinajstić information content (AvgIpc) is 2.74. The summed E-state index contributed by atoms with van der Waals surface area (Å²) in [6.07, 6.45) is 5.26. The van der Waals surface area contributed by atoms with Gasteiger partial charge in [-0.15, -0.1) is 0 Å². The molecule has 1 spiro atoms. The quantitative estimate of drug-likeness (QED) is 0.772. The Morgan fingerprint density at radius 1 is 1.36 bits per heavy atom. The van der Waals surface area contributed by atoms with E-state index in [4.69, 9.17) is 4.42 Å². The molecule has 3 rings (SSSR count). The Balaban J connectivity index is 2.09. The van der Waals surface area contributed by atoms with E-state index in [1.165, 1.54) is 37.0 Å². The molecule has 2 aliphatic rings. The van der Waals surface area contributed by atoms with E-state index in [2.05, 4.69) is 27.3 Å². The molecule has 14 heavy (non-hydrogen) atoms. The first-order valence-corrected chi connectivity index (χ1v) is 6.09. The van der Waals surface area contributed by atoms with Gasteiger partial charge in [0.1, 0.15) is 5.76 Å². The standard InChI is InChI=1S/C11H14BrNO/c12-9-5-8-6-13-7-11(10(8)14-9)3-1-2-4-11/h5,13H,1-4,6-7H2. The number of hydrogen-bond acceptors (Lipinski definition) is 2. The number of hydrogen-bond donors (Lipinski definition) is 1. The van der Waals surface area contributed by atoms with Crippen LogP contribution < -0.4 is 5.32 Å². The molecular weight excluding hydrogens is 242 g/mol. The molecule has 1 saturated carbocycles. The molecule has 0 bridgehead atoms. The first kappa shape index (κ1) is 8.98. The molecule has 76 valence electrons. The van der Waals surface area contributed by atoms with Crippen LogP contribution in [0.3, 0.4) is 0 Å². The van der Waals surface area contributed by atoms with Gasteiger partial charge in [0, 0.05) is 24.1 Å². The van der Waals surface area contributed by atoms with E-state index in [-0.39, 0.29) is 0 Å². The maximum absolute atomic E-state index is 5.82. The molecule has 1 aromatic heterocycles. The fourth-order valence-corrected chi connectivity index (χ4v) is 3.39. The Morgan fingerprint density at radius 2 is 2.14 bits per heavy atom. The predicted octanol–water partition coefficient (Wildman–Crippen LogP) is 2.96. The normalized spacial score (nSPS) is 24.1. The average molecular weight is 256 g/mol. The van der Waals surface area contributed by atoms with E-state index in [1.54, 1.807) is 0 Å². The summed E-state index contributed by atoms with van der Waals surface area (Å²) in [7, 11) is 0. The topological polar surface area (TPSA) is 25.2 Å². The van der Waals surface area contributed by atoms with Crippen molar-refractivity contribution in [3.63, 3.8) is 0 Å². The van der Waals surface area contributed by atoms with Crippen molar-refractivity contribution in [2.45, 2.75) is 37.6 Å². The summed E-state index contributed by atoms with van der Waals surface area (Å²) >= 11 is 3.43. The SMILES string of the molecule is Brc1cc2c(o1)C1(CCCC1)CNC2. The molecule has 0 aromatic carbocycles. The molecule has 1 aromatic rings. The van der Waals surface area contributed by atoms with Crippen LogP contribution in [0.2, 0.25) is 0 Å². The van der Waals surface area contributed by atoms with E-state index in [0.29, 0.717) is 5.41 Å². The van der Waals surface area contributed by atoms with Gasteiger partial charge in [0.2, 0.25) is 0 Å². The van der Waals surface area contributed by atoms with Crippen molar-refractivity contribution in [2.75, 3.05) is 6.54 Å². The Labute approximate surface area is 92.2 Å². The number of halogens is 1. The first-order valence-electron chi connectivity index (χ1n) is 5.30. The van der Waals surface area contributed by atoms with Crippen molar-refractivity contribution >= 4 is 15.9 Å². The van der Waals surface area contributed by atoms with Crippen LogP contribution in [-0.2, 0) is 12.0 Å². The van der Waals surface area contributed by atoms with Crippen LogP contribution in [0.5, 0.6) is 0 Å². The lowest BCUT2D eigenvalue weighted by molar-refractivity contribution is 0.295. The van der Waals surface area contributed by atoms with Gasteiger partial charge in [-0.2, -0.15) is 0 Å². The van der Waals surface area contributed by atoms with E-state index >= 15 is 0 Å². The van der Waals surface area contributed by atoms with Crippen molar-refractivity contribution in [3.05, 3.63) is 22.1 Å². The third-order valence-electron chi connectivity index (χ3n) is 3.60. The third-order valence-corrected chi connectivity index (χ3v) is 3.99. The molecule has 0 atom stereocenters. The fraction of sp³-hybridized carbons (Fsp3) is 0.636. The minimum atomic E-state index is 0.319. The number of rotatable bonds is 0. The van der Waals surface area contributed by atoms with E-state index in [1.807, 2.05) is 0 Å². The number of fused-ring (bicyclic) bond motifs is 2. The van der Waals surface area contributed by atoms with Crippen molar-refractivity contribution < 1.29 is 4.42 Å². The largest absolute Gasteiger partial charge is 0.453 e. The summed E-state index contributed by atoms with van der Waals surface area (Å²) < 4.78 is 6.71. The van der Waals surface area contributed by atoms with Gasteiger partial charge < -0.3 is 9.73 Å². The highest BCUT2D eigenvalue weighted by molar-refractivity contribution is 9.10. The van der Waals surface area contributed by atoms with Gasteiger partial charge >= 0.3 is 0 Å². The summed E-state index contributed by atoms with van der Waals surface area (Å²) in [6.45, 7) is 2.06. The van der Waals surface area contributed by atoms with Crippen molar-refractivity contribution in [3.8, 4) is 0 Å². The monoisotopic (exact) mass is 255 g/mol. The summed E-state index contributed by atoms with van der Waals surface area (Å²) in [4.78, 5) is 0. The Bertz CT molecular complexity index is 352. The third kappa shape index (κ3) is 1.18. The minimum Gasteiger partial charge on any atom is -0.453 e. The molecule has 2 heterocycles. The lowest BCUT2D eigenvalue weighted by Gasteiger charge is -2.32. The zero-order valence-electron chi connectivity index (χ0n) is 8.11. The van der Waals surface area contributed by atoms with Crippen LogP contribution in [0, 0.1) is 0 Å². The van der Waals surface area contributed by atoms with Crippen molar-refractivity contribution in [1.29, 1.82) is 0 Å². The molecule has 0 radical (unpaired) electrons. The summed E-state index contributed by atoms with van der Waals surface area (Å²) in [6, 6.07) is 2.11. The van der Waals surface area contributed by atoms with Crippen LogP contribution >= 0.6 is 15.9 Å². The molecule has 1 aliphatic heterocycles. The fourth-order valence-electron chi connectivity index (χ4n) is 2.95. The van der Waals surface area contributed by atoms with Crippen molar-refractivity contribution in [1.82, 2.24) is 5.32 Å². The summed E-state index contributed by atoms with van der Waals surface area (Å²) in [5.41, 5.74) is 1.67. The minimum absolute atomic E-state index is 0.319. The molecule has 0 saturated heterocycles. The molecule has 1 N–H and O–H groups in total.